The number of halogens is 2. The van der Waals surface area contributed by atoms with E-state index in [1.54, 1.807) is 6.92 Å². The van der Waals surface area contributed by atoms with Crippen molar-refractivity contribution in [2.75, 3.05) is 13.1 Å². The maximum absolute atomic E-state index is 12.8. The first-order chi connectivity index (χ1) is 3.71. The lowest BCUT2D eigenvalue weighted by Gasteiger charge is -2.25. The highest BCUT2D eigenvalue weighted by Gasteiger charge is 2.24. The first-order valence-electron chi connectivity index (χ1n) is 3.10. The van der Waals surface area contributed by atoms with Gasteiger partial charge in [0.2, 0.25) is 0 Å². The highest BCUT2D eigenvalue weighted by molar-refractivity contribution is 5.85. The monoisotopic (exact) mass is 153 g/mol. The zero-order chi connectivity index (χ0) is 6.04. The Morgan fingerprint density at radius 2 is 2.22 bits per heavy atom. The summed E-state index contributed by atoms with van der Waals surface area (Å²) in [6, 6.07) is 0. The SMILES string of the molecule is CC1(F)CCCNC1.Cl. The summed E-state index contributed by atoms with van der Waals surface area (Å²) in [5.41, 5.74) is -0.932. The minimum absolute atomic E-state index is 0. The summed E-state index contributed by atoms with van der Waals surface area (Å²) >= 11 is 0. The molecule has 0 bridgehead atoms. The second-order valence-corrected chi connectivity index (χ2v) is 2.69. The molecule has 0 aliphatic carbocycles. The first-order valence-corrected chi connectivity index (χ1v) is 3.10. The highest BCUT2D eigenvalue weighted by Crippen LogP contribution is 2.18. The van der Waals surface area contributed by atoms with Crippen molar-refractivity contribution in [3.8, 4) is 0 Å². The van der Waals surface area contributed by atoms with Gasteiger partial charge in [-0.15, -0.1) is 12.4 Å². The van der Waals surface area contributed by atoms with Gasteiger partial charge in [-0.3, -0.25) is 0 Å². The van der Waals surface area contributed by atoms with Gasteiger partial charge in [-0.2, -0.15) is 0 Å². The summed E-state index contributed by atoms with van der Waals surface area (Å²) < 4.78 is 12.8. The standard InChI is InChI=1S/C6H12FN.ClH/c1-6(7)3-2-4-8-5-6;/h8H,2-5H2,1H3;1H. The molecule has 1 nitrogen and oxygen atoms in total. The van der Waals surface area contributed by atoms with Crippen LogP contribution in [0, 0.1) is 0 Å². The first kappa shape index (κ1) is 9.18. The van der Waals surface area contributed by atoms with Crippen molar-refractivity contribution in [2.24, 2.45) is 0 Å². The highest BCUT2D eigenvalue weighted by atomic mass is 35.5. The number of rotatable bonds is 0. The number of hydrogen-bond acceptors (Lipinski definition) is 1. The van der Waals surface area contributed by atoms with Gasteiger partial charge in [0, 0.05) is 6.54 Å². The molecule has 56 valence electrons. The van der Waals surface area contributed by atoms with Gasteiger partial charge in [0.15, 0.2) is 0 Å². The van der Waals surface area contributed by atoms with Crippen molar-refractivity contribution >= 4 is 12.4 Å². The van der Waals surface area contributed by atoms with Gasteiger partial charge in [-0.05, 0) is 26.3 Å². The molecule has 0 spiro atoms. The van der Waals surface area contributed by atoms with Crippen LogP contribution in [0.25, 0.3) is 0 Å². The topological polar surface area (TPSA) is 12.0 Å². The molecular weight excluding hydrogens is 141 g/mol. The van der Waals surface area contributed by atoms with Gasteiger partial charge in [-0.25, -0.2) is 4.39 Å². The van der Waals surface area contributed by atoms with Gasteiger partial charge in [0.05, 0.1) is 0 Å². The van der Waals surface area contributed by atoms with E-state index in [1.807, 2.05) is 0 Å². The second kappa shape index (κ2) is 3.37. The van der Waals surface area contributed by atoms with E-state index in [1.165, 1.54) is 0 Å². The number of hydrogen-bond donors (Lipinski definition) is 1. The number of nitrogens with one attached hydrogen (secondary N) is 1. The molecule has 0 aromatic heterocycles. The van der Waals surface area contributed by atoms with Crippen molar-refractivity contribution in [2.45, 2.75) is 25.4 Å². The summed E-state index contributed by atoms with van der Waals surface area (Å²) in [7, 11) is 0. The third kappa shape index (κ3) is 3.01. The van der Waals surface area contributed by atoms with Crippen LogP contribution in [-0.4, -0.2) is 18.8 Å². The molecule has 1 aliphatic rings. The molecular formula is C6H13ClFN. The average Bonchev–Trinajstić information content (AvgIpc) is 1.65. The van der Waals surface area contributed by atoms with Crippen LogP contribution in [0.2, 0.25) is 0 Å². The quantitative estimate of drug-likeness (QED) is 0.557. The maximum atomic E-state index is 12.8. The summed E-state index contributed by atoms with van der Waals surface area (Å²) in [6.45, 7) is 3.17. The largest absolute Gasteiger partial charge is 0.314 e. The van der Waals surface area contributed by atoms with Crippen LogP contribution in [0.4, 0.5) is 4.39 Å². The lowest BCUT2D eigenvalue weighted by molar-refractivity contribution is 0.145. The predicted molar refractivity (Wildman–Crippen MR) is 38.9 cm³/mol. The Balaban J connectivity index is 0.000000640. The Hall–Kier alpha value is 0.180. The molecule has 9 heavy (non-hydrogen) atoms. The van der Waals surface area contributed by atoms with Crippen LogP contribution in [0.1, 0.15) is 19.8 Å². The van der Waals surface area contributed by atoms with E-state index in [-0.39, 0.29) is 12.4 Å². The molecule has 1 heterocycles. The molecule has 0 saturated carbocycles. The van der Waals surface area contributed by atoms with E-state index in [2.05, 4.69) is 5.32 Å². The van der Waals surface area contributed by atoms with Crippen LogP contribution in [0.5, 0.6) is 0 Å². The van der Waals surface area contributed by atoms with Crippen molar-refractivity contribution < 1.29 is 4.39 Å². The molecule has 0 aromatic rings. The zero-order valence-corrected chi connectivity index (χ0v) is 6.43. The molecule has 1 aliphatic heterocycles. The molecule has 1 unspecified atom stereocenters. The van der Waals surface area contributed by atoms with Crippen LogP contribution >= 0.6 is 12.4 Å². The van der Waals surface area contributed by atoms with Gasteiger partial charge in [-0.1, -0.05) is 0 Å². The van der Waals surface area contributed by atoms with Gasteiger partial charge >= 0.3 is 0 Å². The van der Waals surface area contributed by atoms with Crippen molar-refractivity contribution in [1.82, 2.24) is 5.32 Å². The fourth-order valence-electron chi connectivity index (χ4n) is 1.02. The van der Waals surface area contributed by atoms with Crippen molar-refractivity contribution in [3.05, 3.63) is 0 Å². The molecule has 1 rings (SSSR count). The molecule has 1 fully saturated rings. The van der Waals surface area contributed by atoms with Gasteiger partial charge in [0.1, 0.15) is 5.67 Å². The maximum Gasteiger partial charge on any atom is 0.120 e. The molecule has 0 radical (unpaired) electrons. The van der Waals surface area contributed by atoms with Crippen molar-refractivity contribution in [1.29, 1.82) is 0 Å². The molecule has 1 atom stereocenters. The second-order valence-electron chi connectivity index (χ2n) is 2.69. The van der Waals surface area contributed by atoms with Gasteiger partial charge in [0.25, 0.3) is 0 Å². The Labute approximate surface area is 61.4 Å². The van der Waals surface area contributed by atoms with Crippen LogP contribution < -0.4 is 5.32 Å². The van der Waals surface area contributed by atoms with E-state index in [0.29, 0.717) is 6.54 Å². The zero-order valence-electron chi connectivity index (χ0n) is 5.61. The van der Waals surface area contributed by atoms with Gasteiger partial charge < -0.3 is 5.32 Å². The summed E-state index contributed by atoms with van der Waals surface area (Å²) in [5.74, 6) is 0. The summed E-state index contributed by atoms with van der Waals surface area (Å²) in [4.78, 5) is 0. The molecule has 0 aromatic carbocycles. The molecule has 0 amide bonds. The molecule has 3 heteroatoms. The minimum atomic E-state index is -0.932. The van der Waals surface area contributed by atoms with E-state index < -0.39 is 5.67 Å². The van der Waals surface area contributed by atoms with Crippen molar-refractivity contribution in [3.63, 3.8) is 0 Å². The Bertz CT molecular complexity index is 77.1. The summed E-state index contributed by atoms with van der Waals surface area (Å²) in [6.07, 6.45) is 1.70. The van der Waals surface area contributed by atoms with E-state index >= 15 is 0 Å². The third-order valence-corrected chi connectivity index (χ3v) is 1.55. The van der Waals surface area contributed by atoms with E-state index in [4.69, 9.17) is 0 Å². The van der Waals surface area contributed by atoms with E-state index in [9.17, 15) is 4.39 Å². The Morgan fingerprint density at radius 3 is 2.44 bits per heavy atom. The fraction of sp³-hybridized carbons (Fsp3) is 1.00. The average molecular weight is 154 g/mol. The van der Waals surface area contributed by atoms with Crippen LogP contribution in [-0.2, 0) is 0 Å². The molecule has 1 N–H and O–H groups in total. The predicted octanol–water partition coefficient (Wildman–Crippen LogP) is 1.52. The minimum Gasteiger partial charge on any atom is -0.314 e. The smallest absolute Gasteiger partial charge is 0.120 e. The Kier molecular flexibility index (Phi) is 3.44. The summed E-state index contributed by atoms with van der Waals surface area (Å²) in [5, 5.41) is 3.00. The lowest BCUT2D eigenvalue weighted by Crippen LogP contribution is -2.39. The lowest BCUT2D eigenvalue weighted by atomic mass is 9.99. The van der Waals surface area contributed by atoms with Crippen LogP contribution in [0.3, 0.4) is 0 Å². The van der Waals surface area contributed by atoms with E-state index in [0.717, 1.165) is 19.4 Å². The van der Waals surface area contributed by atoms with Crippen LogP contribution in [0.15, 0.2) is 0 Å². The third-order valence-electron chi connectivity index (χ3n) is 1.55. The number of piperidine rings is 1. The Morgan fingerprint density at radius 1 is 1.56 bits per heavy atom. The fourth-order valence-corrected chi connectivity index (χ4v) is 1.02. The normalized spacial score (nSPS) is 35.3. The molecule has 1 saturated heterocycles. The number of alkyl halides is 1.